The van der Waals surface area contributed by atoms with Gasteiger partial charge in [-0.25, -0.2) is 0 Å². The molecule has 0 radical (unpaired) electrons. The van der Waals surface area contributed by atoms with Gasteiger partial charge in [0, 0.05) is 12.1 Å². The van der Waals surface area contributed by atoms with Gasteiger partial charge in [-0.05, 0) is 60.9 Å². The number of fused-ring (bicyclic) bond motifs is 1. The van der Waals surface area contributed by atoms with E-state index in [-0.39, 0.29) is 11.3 Å². The number of amides is 1. The Bertz CT molecular complexity index is 466. The van der Waals surface area contributed by atoms with Crippen LogP contribution in [0.5, 0.6) is 0 Å². The van der Waals surface area contributed by atoms with E-state index in [1.165, 1.54) is 24.0 Å². The number of hydrogen-bond donors (Lipinski definition) is 2. The zero-order valence-corrected chi connectivity index (χ0v) is 12.0. The van der Waals surface area contributed by atoms with Gasteiger partial charge < -0.3 is 11.1 Å². The van der Waals surface area contributed by atoms with Gasteiger partial charge in [0.15, 0.2) is 0 Å². The van der Waals surface area contributed by atoms with Gasteiger partial charge in [-0.2, -0.15) is 0 Å². The first kappa shape index (κ1) is 14.1. The van der Waals surface area contributed by atoms with Gasteiger partial charge in [-0.1, -0.05) is 19.9 Å². The molecule has 0 spiro atoms. The summed E-state index contributed by atoms with van der Waals surface area (Å²) in [4.78, 5) is 12.1. The fraction of sp³-hybridized carbons (Fsp3) is 0.562. The summed E-state index contributed by atoms with van der Waals surface area (Å²) in [6.07, 6.45) is 4.75. The van der Waals surface area contributed by atoms with Crippen molar-refractivity contribution in [3.05, 3.63) is 34.9 Å². The number of nitrogens with one attached hydrogen (secondary N) is 1. The molecule has 0 unspecified atom stereocenters. The van der Waals surface area contributed by atoms with Gasteiger partial charge in [0.05, 0.1) is 0 Å². The number of aryl methyl sites for hydroxylation is 2. The zero-order chi connectivity index (χ0) is 13.9. The third-order valence-electron chi connectivity index (χ3n) is 3.89. The Morgan fingerprint density at radius 2 is 1.95 bits per heavy atom. The minimum absolute atomic E-state index is 0.00917. The molecule has 0 bridgehead atoms. The van der Waals surface area contributed by atoms with Crippen LogP contribution in [-0.2, 0) is 12.8 Å². The molecule has 19 heavy (non-hydrogen) atoms. The van der Waals surface area contributed by atoms with Crippen LogP contribution in [-0.4, -0.2) is 19.0 Å². The number of carbonyl (C=O) groups is 1. The van der Waals surface area contributed by atoms with Crippen LogP contribution in [0.25, 0.3) is 0 Å². The summed E-state index contributed by atoms with van der Waals surface area (Å²) >= 11 is 0. The minimum atomic E-state index is -0.0517. The van der Waals surface area contributed by atoms with E-state index < -0.39 is 0 Å². The molecule has 0 saturated heterocycles. The van der Waals surface area contributed by atoms with Crippen molar-refractivity contribution in [2.75, 3.05) is 13.1 Å². The predicted molar refractivity (Wildman–Crippen MR) is 78.3 cm³/mol. The molecule has 3 heteroatoms. The second-order valence-electron chi connectivity index (χ2n) is 6.24. The fourth-order valence-electron chi connectivity index (χ4n) is 2.37. The van der Waals surface area contributed by atoms with E-state index in [1.807, 2.05) is 6.07 Å². The van der Waals surface area contributed by atoms with Crippen LogP contribution in [0.2, 0.25) is 0 Å². The summed E-state index contributed by atoms with van der Waals surface area (Å²) in [5, 5.41) is 2.98. The van der Waals surface area contributed by atoms with E-state index in [2.05, 4.69) is 31.3 Å². The molecule has 0 aliphatic heterocycles. The van der Waals surface area contributed by atoms with E-state index >= 15 is 0 Å². The second-order valence-corrected chi connectivity index (χ2v) is 6.24. The molecule has 1 aromatic carbocycles. The van der Waals surface area contributed by atoms with Crippen LogP contribution in [0.3, 0.4) is 0 Å². The molecule has 104 valence electrons. The molecule has 1 aliphatic carbocycles. The molecule has 0 aromatic heterocycles. The minimum Gasteiger partial charge on any atom is -0.351 e. The van der Waals surface area contributed by atoms with E-state index in [4.69, 9.17) is 5.73 Å². The summed E-state index contributed by atoms with van der Waals surface area (Å²) in [5.74, 6) is 0.00917. The highest BCUT2D eigenvalue weighted by Gasteiger charge is 2.18. The number of carbonyl (C=O) groups excluding carboxylic acids is 1. The molecule has 0 atom stereocenters. The van der Waals surface area contributed by atoms with E-state index in [9.17, 15) is 4.79 Å². The van der Waals surface area contributed by atoms with Crippen molar-refractivity contribution in [2.45, 2.75) is 39.5 Å². The van der Waals surface area contributed by atoms with Gasteiger partial charge in [0.1, 0.15) is 0 Å². The third kappa shape index (κ3) is 3.57. The maximum Gasteiger partial charge on any atom is 0.251 e. The van der Waals surface area contributed by atoms with Crippen molar-refractivity contribution in [3.8, 4) is 0 Å². The quantitative estimate of drug-likeness (QED) is 0.872. The Hall–Kier alpha value is -1.35. The molecule has 3 nitrogen and oxygen atoms in total. The Morgan fingerprint density at radius 3 is 2.63 bits per heavy atom. The average molecular weight is 260 g/mol. The average Bonchev–Trinajstić information content (AvgIpc) is 2.44. The first-order chi connectivity index (χ1) is 9.02. The Balaban J connectivity index is 2.03. The lowest BCUT2D eigenvalue weighted by Crippen LogP contribution is -2.38. The van der Waals surface area contributed by atoms with Crippen molar-refractivity contribution in [2.24, 2.45) is 11.1 Å². The van der Waals surface area contributed by atoms with Crippen molar-refractivity contribution in [1.29, 1.82) is 0 Å². The SMILES string of the molecule is CC(C)(CN)CNC(=O)c1ccc2c(c1)CCCC2. The lowest BCUT2D eigenvalue weighted by atomic mass is 9.90. The maximum absolute atomic E-state index is 12.1. The van der Waals surface area contributed by atoms with Crippen LogP contribution in [0.15, 0.2) is 18.2 Å². The molecule has 3 N–H and O–H groups in total. The molecule has 1 aromatic rings. The third-order valence-corrected chi connectivity index (χ3v) is 3.89. The molecule has 0 fully saturated rings. The van der Waals surface area contributed by atoms with Gasteiger partial charge in [-0.15, -0.1) is 0 Å². The Labute approximate surface area is 115 Å². The molecule has 1 aliphatic rings. The molecule has 0 heterocycles. The Kier molecular flexibility index (Phi) is 4.25. The topological polar surface area (TPSA) is 55.1 Å². The second kappa shape index (κ2) is 5.74. The van der Waals surface area contributed by atoms with Crippen LogP contribution < -0.4 is 11.1 Å². The van der Waals surface area contributed by atoms with Crippen LogP contribution in [0, 0.1) is 5.41 Å². The predicted octanol–water partition coefficient (Wildman–Crippen LogP) is 2.28. The van der Waals surface area contributed by atoms with Crippen LogP contribution in [0.1, 0.15) is 48.2 Å². The first-order valence-corrected chi connectivity index (χ1v) is 7.12. The summed E-state index contributed by atoms with van der Waals surface area (Å²) in [6.45, 7) is 5.29. The molecular formula is C16H24N2O. The number of hydrogen-bond acceptors (Lipinski definition) is 2. The van der Waals surface area contributed by atoms with Gasteiger partial charge in [-0.3, -0.25) is 4.79 Å². The van der Waals surface area contributed by atoms with E-state index in [0.717, 1.165) is 18.4 Å². The highest BCUT2D eigenvalue weighted by Crippen LogP contribution is 2.22. The largest absolute Gasteiger partial charge is 0.351 e. The molecule has 0 saturated carbocycles. The number of rotatable bonds is 4. The van der Waals surface area contributed by atoms with E-state index in [1.54, 1.807) is 0 Å². The number of nitrogens with two attached hydrogens (primary N) is 1. The lowest BCUT2D eigenvalue weighted by molar-refractivity contribution is 0.0938. The first-order valence-electron chi connectivity index (χ1n) is 7.12. The summed E-state index contributed by atoms with van der Waals surface area (Å²) in [6, 6.07) is 6.10. The zero-order valence-electron chi connectivity index (χ0n) is 12.0. The Morgan fingerprint density at radius 1 is 1.26 bits per heavy atom. The smallest absolute Gasteiger partial charge is 0.251 e. The van der Waals surface area contributed by atoms with Crippen molar-refractivity contribution < 1.29 is 4.79 Å². The highest BCUT2D eigenvalue weighted by atomic mass is 16.1. The standard InChI is InChI=1S/C16H24N2O/c1-16(2,10-17)11-18-15(19)14-8-7-12-5-3-4-6-13(12)9-14/h7-9H,3-6,10-11,17H2,1-2H3,(H,18,19). The molecule has 2 rings (SSSR count). The summed E-state index contributed by atoms with van der Waals surface area (Å²) in [5.41, 5.74) is 9.14. The molecular weight excluding hydrogens is 236 g/mol. The normalized spacial score (nSPS) is 14.9. The maximum atomic E-state index is 12.1. The van der Waals surface area contributed by atoms with Crippen LogP contribution in [0.4, 0.5) is 0 Å². The van der Waals surface area contributed by atoms with Crippen molar-refractivity contribution in [1.82, 2.24) is 5.32 Å². The summed E-state index contributed by atoms with van der Waals surface area (Å²) in [7, 11) is 0. The number of benzene rings is 1. The fourth-order valence-corrected chi connectivity index (χ4v) is 2.37. The van der Waals surface area contributed by atoms with Gasteiger partial charge in [0.2, 0.25) is 0 Å². The van der Waals surface area contributed by atoms with Gasteiger partial charge in [0.25, 0.3) is 5.91 Å². The van der Waals surface area contributed by atoms with Crippen LogP contribution >= 0.6 is 0 Å². The summed E-state index contributed by atoms with van der Waals surface area (Å²) < 4.78 is 0. The monoisotopic (exact) mass is 260 g/mol. The van der Waals surface area contributed by atoms with Crippen molar-refractivity contribution >= 4 is 5.91 Å². The van der Waals surface area contributed by atoms with E-state index in [0.29, 0.717) is 13.1 Å². The molecule has 1 amide bonds. The van der Waals surface area contributed by atoms with Gasteiger partial charge >= 0.3 is 0 Å². The lowest BCUT2D eigenvalue weighted by Gasteiger charge is -2.23. The van der Waals surface area contributed by atoms with Crippen molar-refractivity contribution in [3.63, 3.8) is 0 Å². The highest BCUT2D eigenvalue weighted by molar-refractivity contribution is 5.94.